The van der Waals surface area contributed by atoms with Crippen LogP contribution in [0, 0.1) is 5.41 Å². The van der Waals surface area contributed by atoms with Gasteiger partial charge in [0.25, 0.3) is 0 Å². The molecule has 0 aliphatic carbocycles. The van der Waals surface area contributed by atoms with E-state index in [2.05, 4.69) is 4.74 Å². The molecule has 0 spiro atoms. The van der Waals surface area contributed by atoms with E-state index in [0.29, 0.717) is 6.42 Å². The molecular formula is C15H24F4O5. The van der Waals surface area contributed by atoms with Crippen molar-refractivity contribution in [3.63, 3.8) is 0 Å². The molecule has 0 aromatic carbocycles. The van der Waals surface area contributed by atoms with Crippen molar-refractivity contribution in [3.8, 4) is 0 Å². The van der Waals surface area contributed by atoms with Crippen LogP contribution in [0.5, 0.6) is 0 Å². The Hall–Kier alpha value is -1.38. The quantitative estimate of drug-likeness (QED) is 0.357. The van der Waals surface area contributed by atoms with E-state index in [1.807, 2.05) is 0 Å². The van der Waals surface area contributed by atoms with Gasteiger partial charge in [-0.05, 0) is 20.3 Å². The number of hydrogen-bond donors (Lipinski definition) is 0. The number of halogens is 4. The lowest BCUT2D eigenvalue weighted by atomic mass is 9.90. The summed E-state index contributed by atoms with van der Waals surface area (Å²) in [6, 6.07) is 0. The summed E-state index contributed by atoms with van der Waals surface area (Å²) >= 11 is 0. The Morgan fingerprint density at radius 1 is 0.958 bits per heavy atom. The molecule has 0 rings (SSSR count). The maximum atomic E-state index is 13.2. The average Bonchev–Trinajstić information content (AvgIpc) is 2.44. The molecule has 1 atom stereocenters. The van der Waals surface area contributed by atoms with Gasteiger partial charge in [-0.15, -0.1) is 0 Å². The summed E-state index contributed by atoms with van der Waals surface area (Å²) in [7, 11) is 0.984. The number of rotatable bonds is 9. The van der Waals surface area contributed by atoms with Crippen molar-refractivity contribution in [3.05, 3.63) is 0 Å². The number of esters is 2. The van der Waals surface area contributed by atoms with Crippen LogP contribution >= 0.6 is 0 Å². The van der Waals surface area contributed by atoms with Crippen molar-refractivity contribution in [2.75, 3.05) is 13.7 Å². The molecule has 0 aromatic heterocycles. The monoisotopic (exact) mass is 360 g/mol. The van der Waals surface area contributed by atoms with Gasteiger partial charge in [0, 0.05) is 20.3 Å². The molecule has 0 aliphatic heterocycles. The molecule has 0 bridgehead atoms. The number of carbonyl (C=O) groups excluding carboxylic acids is 2. The standard InChI is InChI=1S/C15H24F4O5/c1-7-12(2,3)10(20)24-13(4,11(21)22-6)23-9-8-15(18,19)14(5,16)17/h7-9H2,1-6H3. The van der Waals surface area contributed by atoms with E-state index in [1.165, 1.54) is 0 Å². The molecule has 0 radical (unpaired) electrons. The molecule has 142 valence electrons. The Kier molecular flexibility index (Phi) is 7.23. The van der Waals surface area contributed by atoms with Crippen molar-refractivity contribution in [1.82, 2.24) is 0 Å². The number of methoxy groups -OCH3 is 1. The first-order valence-corrected chi connectivity index (χ1v) is 7.34. The van der Waals surface area contributed by atoms with Crippen LogP contribution in [0.1, 0.15) is 47.5 Å². The minimum Gasteiger partial charge on any atom is -0.464 e. The van der Waals surface area contributed by atoms with Crippen molar-refractivity contribution in [2.45, 2.75) is 65.1 Å². The van der Waals surface area contributed by atoms with E-state index >= 15 is 0 Å². The lowest BCUT2D eigenvalue weighted by molar-refractivity contribution is -0.252. The third-order valence-corrected chi connectivity index (χ3v) is 3.72. The van der Waals surface area contributed by atoms with Gasteiger partial charge >= 0.3 is 29.6 Å². The molecule has 0 aliphatic rings. The molecule has 5 nitrogen and oxygen atoms in total. The van der Waals surface area contributed by atoms with Gasteiger partial charge in [0.1, 0.15) is 0 Å². The highest BCUT2D eigenvalue weighted by Gasteiger charge is 2.52. The van der Waals surface area contributed by atoms with Crippen LogP contribution in [0.15, 0.2) is 0 Å². The first-order valence-electron chi connectivity index (χ1n) is 7.34. The van der Waals surface area contributed by atoms with Crippen LogP contribution in [0.3, 0.4) is 0 Å². The molecule has 0 N–H and O–H groups in total. The Labute approximate surface area is 138 Å². The fourth-order valence-electron chi connectivity index (χ4n) is 1.37. The Bertz CT molecular complexity index is 459. The van der Waals surface area contributed by atoms with Crippen LogP contribution in [0.2, 0.25) is 0 Å². The van der Waals surface area contributed by atoms with Gasteiger partial charge in [-0.1, -0.05) is 6.92 Å². The molecule has 24 heavy (non-hydrogen) atoms. The van der Waals surface area contributed by atoms with Crippen LogP contribution in [0.25, 0.3) is 0 Å². The summed E-state index contributed by atoms with van der Waals surface area (Å²) in [5.74, 6) is -12.9. The second-order valence-corrected chi connectivity index (χ2v) is 6.26. The van der Waals surface area contributed by atoms with Gasteiger partial charge in [0.15, 0.2) is 0 Å². The molecule has 0 fully saturated rings. The lowest BCUT2D eigenvalue weighted by Gasteiger charge is -2.31. The molecule has 1 unspecified atom stereocenters. The lowest BCUT2D eigenvalue weighted by Crippen LogP contribution is -2.48. The van der Waals surface area contributed by atoms with Gasteiger partial charge in [0.2, 0.25) is 0 Å². The Morgan fingerprint density at radius 3 is 1.83 bits per heavy atom. The molecule has 0 heterocycles. The largest absolute Gasteiger partial charge is 0.464 e. The highest BCUT2D eigenvalue weighted by molar-refractivity contribution is 5.83. The highest BCUT2D eigenvalue weighted by Crippen LogP contribution is 2.37. The maximum Gasteiger partial charge on any atom is 0.379 e. The van der Waals surface area contributed by atoms with Crippen LogP contribution in [-0.2, 0) is 23.8 Å². The molecule has 0 saturated heterocycles. The summed E-state index contributed by atoms with van der Waals surface area (Å²) in [5, 5.41) is 0. The average molecular weight is 360 g/mol. The van der Waals surface area contributed by atoms with Crippen molar-refractivity contribution >= 4 is 11.9 Å². The highest BCUT2D eigenvalue weighted by atomic mass is 19.3. The molecule has 0 saturated carbocycles. The summed E-state index contributed by atoms with van der Waals surface area (Å²) in [6.07, 6.45) is -0.985. The van der Waals surface area contributed by atoms with Gasteiger partial charge in [-0.3, -0.25) is 4.79 Å². The number of carbonyl (C=O) groups is 2. The van der Waals surface area contributed by atoms with Crippen molar-refractivity contribution in [1.29, 1.82) is 0 Å². The topological polar surface area (TPSA) is 61.8 Å². The predicted octanol–water partition coefficient (Wildman–Crippen LogP) is 3.55. The first kappa shape index (κ1) is 22.6. The van der Waals surface area contributed by atoms with Crippen molar-refractivity contribution < 1.29 is 41.4 Å². The van der Waals surface area contributed by atoms with Crippen LogP contribution in [-0.4, -0.2) is 43.3 Å². The summed E-state index contributed by atoms with van der Waals surface area (Å²) in [5.41, 5.74) is -0.959. The van der Waals surface area contributed by atoms with E-state index in [4.69, 9.17) is 9.47 Å². The number of hydrogen-bond acceptors (Lipinski definition) is 5. The Balaban J connectivity index is 5.09. The van der Waals surface area contributed by atoms with Gasteiger partial charge < -0.3 is 14.2 Å². The third kappa shape index (κ3) is 5.61. The minimum absolute atomic E-state index is 0.0797. The predicted molar refractivity (Wildman–Crippen MR) is 76.7 cm³/mol. The first-order chi connectivity index (χ1) is 10.6. The van der Waals surface area contributed by atoms with Gasteiger partial charge in [0.05, 0.1) is 19.1 Å². The minimum atomic E-state index is -4.34. The number of ether oxygens (including phenoxy) is 3. The Morgan fingerprint density at radius 2 is 1.46 bits per heavy atom. The zero-order valence-corrected chi connectivity index (χ0v) is 14.7. The summed E-state index contributed by atoms with van der Waals surface area (Å²) < 4.78 is 66.3. The summed E-state index contributed by atoms with van der Waals surface area (Å²) in [4.78, 5) is 23.8. The molecule has 0 aromatic rings. The van der Waals surface area contributed by atoms with Crippen molar-refractivity contribution in [2.24, 2.45) is 5.41 Å². The SMILES string of the molecule is CCC(C)(C)C(=O)OC(C)(OCCC(F)(F)C(C)(F)F)C(=O)OC. The van der Waals surface area contributed by atoms with Crippen LogP contribution in [0.4, 0.5) is 17.6 Å². The fraction of sp³-hybridized carbons (Fsp3) is 0.867. The van der Waals surface area contributed by atoms with E-state index in [1.54, 1.807) is 20.8 Å². The van der Waals surface area contributed by atoms with Gasteiger partial charge in [-0.2, -0.15) is 8.78 Å². The normalized spacial score (nSPS) is 15.6. The van der Waals surface area contributed by atoms with E-state index in [0.717, 1.165) is 14.0 Å². The second-order valence-electron chi connectivity index (χ2n) is 6.26. The molecule has 0 amide bonds. The van der Waals surface area contributed by atoms with E-state index in [9.17, 15) is 27.2 Å². The van der Waals surface area contributed by atoms with Gasteiger partial charge in [-0.25, -0.2) is 13.6 Å². The number of alkyl halides is 4. The summed E-state index contributed by atoms with van der Waals surface area (Å²) in [6.45, 7) is 4.96. The zero-order valence-electron chi connectivity index (χ0n) is 14.7. The fourth-order valence-corrected chi connectivity index (χ4v) is 1.37. The van der Waals surface area contributed by atoms with Crippen LogP contribution < -0.4 is 0 Å². The molecule has 9 heteroatoms. The zero-order chi connectivity index (χ0) is 19.4. The maximum absolute atomic E-state index is 13.2. The second kappa shape index (κ2) is 7.67. The smallest absolute Gasteiger partial charge is 0.379 e. The van der Waals surface area contributed by atoms with E-state index in [-0.39, 0.29) is 6.92 Å². The van der Waals surface area contributed by atoms with E-state index < -0.39 is 48.0 Å². The third-order valence-electron chi connectivity index (χ3n) is 3.72. The molecular weight excluding hydrogens is 336 g/mol.